The van der Waals surface area contributed by atoms with Crippen LogP contribution in [-0.2, 0) is 11.8 Å². The third-order valence-electron chi connectivity index (χ3n) is 5.15. The lowest BCUT2D eigenvalue weighted by Gasteiger charge is -2.50. The van der Waals surface area contributed by atoms with E-state index in [1.807, 2.05) is 36.0 Å². The van der Waals surface area contributed by atoms with Gasteiger partial charge >= 0.3 is 0 Å². The monoisotopic (exact) mass is 312 g/mol. The maximum Gasteiger partial charge on any atom is 0.238 e. The van der Waals surface area contributed by atoms with Gasteiger partial charge in [-0.1, -0.05) is 37.3 Å². The van der Waals surface area contributed by atoms with Crippen molar-refractivity contribution in [3.05, 3.63) is 54.1 Å². The maximum absolute atomic E-state index is 12.7. The predicted octanol–water partition coefficient (Wildman–Crippen LogP) is 1.89. The molecule has 5 nitrogen and oxygen atoms in total. The first-order valence-electron chi connectivity index (χ1n) is 8.17. The minimum atomic E-state index is -0.715. The summed E-state index contributed by atoms with van der Waals surface area (Å²) in [5, 5.41) is 0. The van der Waals surface area contributed by atoms with Crippen LogP contribution in [0.4, 0.5) is 0 Å². The molecule has 122 valence electrons. The van der Waals surface area contributed by atoms with Crippen LogP contribution in [0.5, 0.6) is 0 Å². The number of rotatable bonds is 6. The van der Waals surface area contributed by atoms with Gasteiger partial charge in [-0.15, -0.1) is 0 Å². The summed E-state index contributed by atoms with van der Waals surface area (Å²) in [7, 11) is 1.97. The summed E-state index contributed by atoms with van der Waals surface area (Å²) < 4.78 is 1.99. The molecule has 0 radical (unpaired) electrons. The van der Waals surface area contributed by atoms with Crippen LogP contribution in [-0.4, -0.2) is 39.0 Å². The average molecular weight is 312 g/mol. The number of primary amides is 1. The highest BCUT2D eigenvalue weighted by Gasteiger charge is 2.51. The van der Waals surface area contributed by atoms with E-state index in [0.29, 0.717) is 6.42 Å². The van der Waals surface area contributed by atoms with Crippen molar-refractivity contribution >= 4 is 5.91 Å². The molecule has 1 amide bonds. The lowest BCUT2D eigenvalue weighted by molar-refractivity contribution is -0.135. The van der Waals surface area contributed by atoms with Gasteiger partial charge in [-0.3, -0.25) is 9.69 Å². The molecule has 1 aromatic heterocycles. The van der Waals surface area contributed by atoms with Crippen molar-refractivity contribution in [1.29, 1.82) is 0 Å². The van der Waals surface area contributed by atoms with E-state index in [1.165, 1.54) is 0 Å². The van der Waals surface area contributed by atoms with Crippen molar-refractivity contribution in [3.63, 3.8) is 0 Å². The van der Waals surface area contributed by atoms with Gasteiger partial charge in [0.2, 0.25) is 5.91 Å². The van der Waals surface area contributed by atoms with Crippen LogP contribution in [0, 0.1) is 0 Å². The minimum Gasteiger partial charge on any atom is -0.368 e. The molecule has 5 heteroatoms. The summed E-state index contributed by atoms with van der Waals surface area (Å²) in [4.78, 5) is 19.2. The van der Waals surface area contributed by atoms with Crippen LogP contribution in [0.25, 0.3) is 0 Å². The largest absolute Gasteiger partial charge is 0.368 e. The molecular weight excluding hydrogens is 288 g/mol. The molecule has 1 aliphatic heterocycles. The SMILES string of the molecule is CCC(C(N)=O)(C(c1ccccc1)c1cncn1C)N1CCC1. The van der Waals surface area contributed by atoms with Crippen molar-refractivity contribution < 1.29 is 4.79 Å². The van der Waals surface area contributed by atoms with E-state index in [2.05, 4.69) is 28.9 Å². The van der Waals surface area contributed by atoms with E-state index in [0.717, 1.165) is 30.8 Å². The number of likely N-dealkylation sites (tertiary alicyclic amines) is 1. The van der Waals surface area contributed by atoms with Gasteiger partial charge in [-0.05, 0) is 18.4 Å². The van der Waals surface area contributed by atoms with E-state index in [4.69, 9.17) is 5.73 Å². The molecule has 1 fully saturated rings. The third kappa shape index (κ3) is 2.45. The second-order valence-corrected chi connectivity index (χ2v) is 6.26. The number of carbonyl (C=O) groups is 1. The third-order valence-corrected chi connectivity index (χ3v) is 5.15. The zero-order valence-electron chi connectivity index (χ0n) is 13.8. The molecule has 0 bridgehead atoms. The van der Waals surface area contributed by atoms with E-state index < -0.39 is 5.54 Å². The van der Waals surface area contributed by atoms with Crippen LogP contribution >= 0.6 is 0 Å². The van der Waals surface area contributed by atoms with Gasteiger partial charge in [0.1, 0.15) is 5.54 Å². The molecule has 2 aromatic rings. The molecule has 23 heavy (non-hydrogen) atoms. The Bertz CT molecular complexity index is 677. The van der Waals surface area contributed by atoms with Gasteiger partial charge in [-0.2, -0.15) is 0 Å². The average Bonchev–Trinajstić information content (AvgIpc) is 2.91. The topological polar surface area (TPSA) is 64.2 Å². The summed E-state index contributed by atoms with van der Waals surface area (Å²) in [5.74, 6) is -0.381. The molecule has 3 rings (SSSR count). The van der Waals surface area contributed by atoms with Gasteiger partial charge in [-0.25, -0.2) is 4.98 Å². The minimum absolute atomic E-state index is 0.126. The summed E-state index contributed by atoms with van der Waals surface area (Å²) in [6, 6.07) is 10.2. The van der Waals surface area contributed by atoms with Gasteiger partial charge in [0, 0.05) is 32.0 Å². The second-order valence-electron chi connectivity index (χ2n) is 6.26. The molecule has 2 unspecified atom stereocenters. The molecule has 2 N–H and O–H groups in total. The highest BCUT2D eigenvalue weighted by atomic mass is 16.1. The van der Waals surface area contributed by atoms with Crippen molar-refractivity contribution in [2.75, 3.05) is 13.1 Å². The summed E-state index contributed by atoms with van der Waals surface area (Å²) >= 11 is 0. The molecule has 1 saturated heterocycles. The Morgan fingerprint density at radius 2 is 2.04 bits per heavy atom. The molecule has 0 spiro atoms. The first kappa shape index (κ1) is 15.7. The Morgan fingerprint density at radius 1 is 1.35 bits per heavy atom. The number of aryl methyl sites for hydroxylation is 1. The van der Waals surface area contributed by atoms with E-state index in [-0.39, 0.29) is 11.8 Å². The molecular formula is C18H24N4O. The zero-order valence-corrected chi connectivity index (χ0v) is 13.8. The Labute approximate surface area is 137 Å². The Kier molecular flexibility index (Phi) is 4.22. The molecule has 2 atom stereocenters. The van der Waals surface area contributed by atoms with Crippen LogP contribution in [0.1, 0.15) is 36.9 Å². The van der Waals surface area contributed by atoms with Crippen molar-refractivity contribution in [3.8, 4) is 0 Å². The fraction of sp³-hybridized carbons (Fsp3) is 0.444. The van der Waals surface area contributed by atoms with Crippen LogP contribution in [0.2, 0.25) is 0 Å². The van der Waals surface area contributed by atoms with E-state index in [1.54, 1.807) is 6.33 Å². The normalized spacial score (nSPS) is 18.9. The maximum atomic E-state index is 12.7. The van der Waals surface area contributed by atoms with Gasteiger partial charge in [0.25, 0.3) is 0 Å². The number of carbonyl (C=O) groups excluding carboxylic acids is 1. The van der Waals surface area contributed by atoms with Gasteiger partial charge < -0.3 is 10.3 Å². The van der Waals surface area contributed by atoms with Gasteiger partial charge in [0.15, 0.2) is 0 Å². The number of nitrogens with zero attached hydrogens (tertiary/aromatic N) is 3. The lowest BCUT2D eigenvalue weighted by atomic mass is 9.72. The number of nitrogens with two attached hydrogens (primary N) is 1. The number of aromatic nitrogens is 2. The molecule has 1 aliphatic rings. The number of hydrogen-bond donors (Lipinski definition) is 1. The number of amides is 1. The molecule has 0 saturated carbocycles. The number of imidazole rings is 1. The fourth-order valence-electron chi connectivity index (χ4n) is 3.78. The predicted molar refractivity (Wildman–Crippen MR) is 89.9 cm³/mol. The fourth-order valence-corrected chi connectivity index (χ4v) is 3.78. The Balaban J connectivity index is 2.20. The molecule has 2 heterocycles. The first-order valence-corrected chi connectivity index (χ1v) is 8.17. The Morgan fingerprint density at radius 3 is 2.48 bits per heavy atom. The van der Waals surface area contributed by atoms with Crippen molar-refractivity contribution in [2.24, 2.45) is 12.8 Å². The summed E-state index contributed by atoms with van der Waals surface area (Å²) in [6.45, 7) is 3.88. The molecule has 1 aromatic carbocycles. The van der Waals surface area contributed by atoms with Crippen LogP contribution < -0.4 is 5.73 Å². The van der Waals surface area contributed by atoms with Crippen LogP contribution in [0.3, 0.4) is 0 Å². The smallest absolute Gasteiger partial charge is 0.238 e. The number of hydrogen-bond acceptors (Lipinski definition) is 3. The summed E-state index contributed by atoms with van der Waals surface area (Å²) in [5.41, 5.74) is 7.38. The second kappa shape index (κ2) is 6.16. The highest BCUT2D eigenvalue weighted by molar-refractivity contribution is 5.87. The van der Waals surface area contributed by atoms with Crippen molar-refractivity contribution in [1.82, 2.24) is 14.5 Å². The first-order chi connectivity index (χ1) is 11.1. The van der Waals surface area contributed by atoms with Crippen molar-refractivity contribution in [2.45, 2.75) is 31.2 Å². The highest BCUT2D eigenvalue weighted by Crippen LogP contribution is 2.42. The standard InChI is InChI=1S/C18H24N4O/c1-3-18(17(19)23,22-10-7-11-22)16(14-8-5-4-6-9-14)15-12-20-13-21(15)2/h4-6,8-9,12-13,16H,3,7,10-11H2,1-2H3,(H2,19,23). The van der Waals surface area contributed by atoms with E-state index >= 15 is 0 Å². The lowest BCUT2D eigenvalue weighted by Crippen LogP contribution is -2.65. The van der Waals surface area contributed by atoms with Crippen LogP contribution in [0.15, 0.2) is 42.9 Å². The van der Waals surface area contributed by atoms with E-state index in [9.17, 15) is 4.79 Å². The van der Waals surface area contributed by atoms with Gasteiger partial charge in [0.05, 0.1) is 12.2 Å². The quantitative estimate of drug-likeness (QED) is 0.886. The molecule has 0 aliphatic carbocycles. The summed E-state index contributed by atoms with van der Waals surface area (Å²) in [6.07, 6.45) is 5.42. The Hall–Kier alpha value is -2.14. The zero-order chi connectivity index (χ0) is 16.4. The number of benzene rings is 1.